The van der Waals surface area contributed by atoms with Crippen LogP contribution in [0.5, 0.6) is 0 Å². The van der Waals surface area contributed by atoms with Crippen LogP contribution < -0.4 is 0 Å². The molecule has 0 spiro atoms. The summed E-state index contributed by atoms with van der Waals surface area (Å²) < 4.78 is 13.5. The van der Waals surface area contributed by atoms with Crippen molar-refractivity contribution in [3.8, 4) is 0 Å². The van der Waals surface area contributed by atoms with Gasteiger partial charge in [0, 0.05) is 25.9 Å². The first-order valence-corrected chi connectivity index (χ1v) is 5.17. The molecule has 2 rings (SSSR count). The highest BCUT2D eigenvalue weighted by Gasteiger charge is 2.25. The highest BCUT2D eigenvalue weighted by atomic mass is 19.1. The first kappa shape index (κ1) is 10.1. The molecule has 1 aromatic carbocycles. The lowest BCUT2D eigenvalue weighted by atomic mass is 9.90. The first-order chi connectivity index (χ1) is 7.18. The van der Waals surface area contributed by atoms with E-state index < -0.39 is 0 Å². The zero-order chi connectivity index (χ0) is 10.8. The summed E-state index contributed by atoms with van der Waals surface area (Å²) in [4.78, 5) is 13.0. The minimum Gasteiger partial charge on any atom is -0.345 e. The third-order valence-electron chi connectivity index (χ3n) is 2.97. The van der Waals surface area contributed by atoms with E-state index >= 15 is 0 Å². The molecule has 2 nitrogen and oxygen atoms in total. The molecule has 1 aliphatic rings. The largest absolute Gasteiger partial charge is 0.345 e. The zero-order valence-corrected chi connectivity index (χ0v) is 8.74. The molecule has 0 bridgehead atoms. The van der Waals surface area contributed by atoms with Gasteiger partial charge in [-0.3, -0.25) is 4.79 Å². The lowest BCUT2D eigenvalue weighted by molar-refractivity contribution is -0.132. The highest BCUT2D eigenvalue weighted by molar-refractivity contribution is 5.76. The van der Waals surface area contributed by atoms with Crippen molar-refractivity contribution in [1.29, 1.82) is 0 Å². The van der Waals surface area contributed by atoms with Crippen LogP contribution in [0, 0.1) is 5.82 Å². The Kier molecular flexibility index (Phi) is 2.71. The Morgan fingerprint density at radius 1 is 1.40 bits per heavy atom. The molecule has 0 aliphatic carbocycles. The van der Waals surface area contributed by atoms with Crippen molar-refractivity contribution in [1.82, 2.24) is 4.90 Å². The fourth-order valence-corrected chi connectivity index (χ4v) is 2.07. The number of hydrogen-bond donors (Lipinski definition) is 0. The summed E-state index contributed by atoms with van der Waals surface area (Å²) in [5, 5.41) is 0. The van der Waals surface area contributed by atoms with Gasteiger partial charge >= 0.3 is 0 Å². The second-order valence-corrected chi connectivity index (χ2v) is 4.03. The number of carbonyl (C=O) groups is 1. The Hall–Kier alpha value is -1.38. The molecule has 15 heavy (non-hydrogen) atoms. The molecule has 1 atom stereocenters. The van der Waals surface area contributed by atoms with Crippen molar-refractivity contribution in [2.24, 2.45) is 0 Å². The quantitative estimate of drug-likeness (QED) is 0.691. The molecule has 80 valence electrons. The van der Waals surface area contributed by atoms with Crippen LogP contribution in [0.1, 0.15) is 24.3 Å². The van der Waals surface area contributed by atoms with E-state index in [1.807, 2.05) is 12.1 Å². The number of piperidine rings is 1. The number of halogens is 1. The van der Waals surface area contributed by atoms with Gasteiger partial charge in [0.05, 0.1) is 0 Å². The van der Waals surface area contributed by atoms with Gasteiger partial charge in [0.25, 0.3) is 0 Å². The van der Waals surface area contributed by atoms with Crippen molar-refractivity contribution in [3.63, 3.8) is 0 Å². The smallest absolute Gasteiger partial charge is 0.222 e. The molecule has 1 saturated heterocycles. The summed E-state index contributed by atoms with van der Waals surface area (Å²) in [5.41, 5.74) is 0.733. The lowest BCUT2D eigenvalue weighted by Gasteiger charge is -2.30. The predicted molar refractivity (Wildman–Crippen MR) is 56.0 cm³/mol. The number of likely N-dealkylation sites (N-methyl/N-ethyl adjacent to an activating group) is 1. The molecule has 0 aromatic heterocycles. The maximum Gasteiger partial charge on any atom is 0.222 e. The Labute approximate surface area is 88.7 Å². The molecule has 0 saturated carbocycles. The molecule has 1 amide bonds. The summed E-state index contributed by atoms with van der Waals surface area (Å²) in [7, 11) is 1.77. The van der Waals surface area contributed by atoms with E-state index in [2.05, 4.69) is 0 Å². The van der Waals surface area contributed by atoms with Crippen LogP contribution in [0.2, 0.25) is 0 Å². The lowest BCUT2D eigenvalue weighted by Crippen LogP contribution is -2.36. The van der Waals surface area contributed by atoms with Crippen LogP contribution in [0.25, 0.3) is 0 Å². The first-order valence-electron chi connectivity index (χ1n) is 5.17. The standard InChI is InChI=1S/C12H14FNO/c1-14-8-9(6-7-12(14)15)10-4-2-3-5-11(10)13/h2-5,9H,6-8H2,1H3. The molecule has 1 fully saturated rings. The van der Waals surface area contributed by atoms with Gasteiger partial charge in [0.15, 0.2) is 0 Å². The monoisotopic (exact) mass is 207 g/mol. The fourth-order valence-electron chi connectivity index (χ4n) is 2.07. The van der Waals surface area contributed by atoms with Gasteiger partial charge in [-0.1, -0.05) is 18.2 Å². The van der Waals surface area contributed by atoms with Crippen LogP contribution in [0.4, 0.5) is 4.39 Å². The Balaban J connectivity index is 2.19. The van der Waals surface area contributed by atoms with Crippen molar-refractivity contribution in [3.05, 3.63) is 35.6 Å². The van der Waals surface area contributed by atoms with Gasteiger partial charge in [-0.05, 0) is 18.1 Å². The van der Waals surface area contributed by atoms with Crippen molar-refractivity contribution in [2.45, 2.75) is 18.8 Å². The Bertz CT molecular complexity index is 378. The molecule has 3 heteroatoms. The maximum absolute atomic E-state index is 13.5. The number of nitrogens with zero attached hydrogens (tertiary/aromatic N) is 1. The van der Waals surface area contributed by atoms with Crippen molar-refractivity contribution in [2.75, 3.05) is 13.6 Å². The average Bonchev–Trinajstić information content (AvgIpc) is 2.23. The van der Waals surface area contributed by atoms with E-state index in [0.717, 1.165) is 12.0 Å². The molecule has 1 aliphatic heterocycles. The number of amides is 1. The van der Waals surface area contributed by atoms with E-state index in [-0.39, 0.29) is 17.6 Å². The normalized spacial score (nSPS) is 21.9. The number of carbonyl (C=O) groups excluding carboxylic acids is 1. The minimum absolute atomic E-state index is 0.147. The van der Waals surface area contributed by atoms with Gasteiger partial charge in [-0.2, -0.15) is 0 Å². The maximum atomic E-state index is 13.5. The van der Waals surface area contributed by atoms with E-state index in [0.29, 0.717) is 13.0 Å². The summed E-state index contributed by atoms with van der Waals surface area (Å²) >= 11 is 0. The van der Waals surface area contributed by atoms with Crippen LogP contribution in [0.3, 0.4) is 0 Å². The van der Waals surface area contributed by atoms with Gasteiger partial charge in [0.2, 0.25) is 5.91 Å². The molecule has 1 heterocycles. The zero-order valence-electron chi connectivity index (χ0n) is 8.74. The van der Waals surface area contributed by atoms with E-state index in [1.165, 1.54) is 6.07 Å². The molecule has 0 N–H and O–H groups in total. The Morgan fingerprint density at radius 2 is 2.13 bits per heavy atom. The van der Waals surface area contributed by atoms with Crippen molar-refractivity contribution >= 4 is 5.91 Å². The average molecular weight is 207 g/mol. The highest BCUT2D eigenvalue weighted by Crippen LogP contribution is 2.28. The summed E-state index contributed by atoms with van der Waals surface area (Å²) in [6, 6.07) is 6.82. The van der Waals surface area contributed by atoms with Crippen LogP contribution in [0.15, 0.2) is 24.3 Å². The van der Waals surface area contributed by atoms with E-state index in [4.69, 9.17) is 0 Å². The third-order valence-corrected chi connectivity index (χ3v) is 2.97. The SMILES string of the molecule is CN1CC(c2ccccc2F)CCC1=O. The topological polar surface area (TPSA) is 20.3 Å². The Morgan fingerprint density at radius 3 is 2.80 bits per heavy atom. The van der Waals surface area contributed by atoms with E-state index in [1.54, 1.807) is 18.0 Å². The second kappa shape index (κ2) is 4.01. The fraction of sp³-hybridized carbons (Fsp3) is 0.417. The molecular formula is C12H14FNO. The van der Waals surface area contributed by atoms with Crippen LogP contribution in [-0.4, -0.2) is 24.4 Å². The number of rotatable bonds is 1. The number of likely N-dealkylation sites (tertiary alicyclic amines) is 1. The van der Waals surface area contributed by atoms with Crippen molar-refractivity contribution < 1.29 is 9.18 Å². The number of hydrogen-bond acceptors (Lipinski definition) is 1. The van der Waals surface area contributed by atoms with Gasteiger partial charge in [-0.25, -0.2) is 4.39 Å². The van der Waals surface area contributed by atoms with E-state index in [9.17, 15) is 9.18 Å². The van der Waals surface area contributed by atoms with Crippen LogP contribution >= 0.6 is 0 Å². The molecule has 0 radical (unpaired) electrons. The number of benzene rings is 1. The van der Waals surface area contributed by atoms with Gasteiger partial charge in [-0.15, -0.1) is 0 Å². The summed E-state index contributed by atoms with van der Waals surface area (Å²) in [5.74, 6) is 0.140. The van der Waals surface area contributed by atoms with Gasteiger partial charge in [0.1, 0.15) is 5.82 Å². The summed E-state index contributed by atoms with van der Waals surface area (Å²) in [6.07, 6.45) is 1.28. The summed E-state index contributed by atoms with van der Waals surface area (Å²) in [6.45, 7) is 0.625. The minimum atomic E-state index is -0.162. The van der Waals surface area contributed by atoms with Gasteiger partial charge < -0.3 is 4.90 Å². The molecule has 1 unspecified atom stereocenters. The predicted octanol–water partition coefficient (Wildman–Crippen LogP) is 2.16. The molecule has 1 aromatic rings. The third kappa shape index (κ3) is 2.01. The van der Waals surface area contributed by atoms with Crippen LogP contribution in [-0.2, 0) is 4.79 Å². The molecular weight excluding hydrogens is 193 g/mol. The second-order valence-electron chi connectivity index (χ2n) is 4.03.